The molecule has 0 amide bonds. The van der Waals surface area contributed by atoms with E-state index in [0.717, 1.165) is 77.8 Å². The Morgan fingerprint density at radius 1 is 1.22 bits per heavy atom. The predicted octanol–water partition coefficient (Wildman–Crippen LogP) is 2.28. The minimum Gasteiger partial charge on any atom is -0.381 e. The Kier molecular flexibility index (Phi) is 7.78. The van der Waals surface area contributed by atoms with Crippen LogP contribution in [0.4, 0.5) is 5.69 Å². The average Bonchev–Trinajstić information content (AvgIpc) is 2.72. The van der Waals surface area contributed by atoms with Gasteiger partial charge in [0.1, 0.15) is 0 Å². The van der Waals surface area contributed by atoms with Crippen LogP contribution in [0.5, 0.6) is 0 Å². The van der Waals surface area contributed by atoms with E-state index < -0.39 is 0 Å². The number of aryl methyl sites for hydroxylation is 1. The van der Waals surface area contributed by atoms with Gasteiger partial charge in [0.15, 0.2) is 5.96 Å². The second kappa shape index (κ2) is 10.5. The first-order valence-electron chi connectivity index (χ1n) is 10.2. The minimum atomic E-state index is 0.382. The third-order valence-electron chi connectivity index (χ3n) is 5.28. The molecule has 27 heavy (non-hydrogen) atoms. The van der Waals surface area contributed by atoms with Crippen LogP contribution in [-0.4, -0.2) is 76.6 Å². The molecule has 0 saturated carbocycles. The van der Waals surface area contributed by atoms with Crippen molar-refractivity contribution in [2.24, 2.45) is 4.99 Å². The SMILES string of the molecule is CN=C(NCCCOC1CCOCC1)N1CCN(c2cccc(C)c2)CC1. The van der Waals surface area contributed by atoms with Crippen LogP contribution in [0.1, 0.15) is 24.8 Å². The number of nitrogens with one attached hydrogen (secondary N) is 1. The highest BCUT2D eigenvalue weighted by Gasteiger charge is 2.20. The van der Waals surface area contributed by atoms with E-state index in [4.69, 9.17) is 9.47 Å². The second-order valence-corrected chi connectivity index (χ2v) is 7.32. The molecule has 0 atom stereocenters. The highest BCUT2D eigenvalue weighted by Crippen LogP contribution is 2.17. The van der Waals surface area contributed by atoms with Crippen molar-refractivity contribution in [1.82, 2.24) is 10.2 Å². The van der Waals surface area contributed by atoms with Gasteiger partial charge in [0.05, 0.1) is 6.10 Å². The molecule has 6 nitrogen and oxygen atoms in total. The van der Waals surface area contributed by atoms with Crippen molar-refractivity contribution >= 4 is 11.6 Å². The second-order valence-electron chi connectivity index (χ2n) is 7.32. The maximum Gasteiger partial charge on any atom is 0.193 e. The van der Waals surface area contributed by atoms with Crippen LogP contribution in [0, 0.1) is 6.92 Å². The molecule has 0 aliphatic carbocycles. The molecular formula is C21H34N4O2. The lowest BCUT2D eigenvalue weighted by molar-refractivity contribution is -0.0320. The fourth-order valence-corrected chi connectivity index (χ4v) is 3.70. The number of benzene rings is 1. The number of rotatable bonds is 6. The average molecular weight is 375 g/mol. The largest absolute Gasteiger partial charge is 0.381 e. The molecule has 0 spiro atoms. The normalized spacial score (nSPS) is 19.4. The first-order valence-corrected chi connectivity index (χ1v) is 10.2. The van der Waals surface area contributed by atoms with Crippen LogP contribution < -0.4 is 10.2 Å². The lowest BCUT2D eigenvalue weighted by Gasteiger charge is -2.37. The van der Waals surface area contributed by atoms with E-state index in [9.17, 15) is 0 Å². The Hall–Kier alpha value is -1.79. The van der Waals surface area contributed by atoms with E-state index in [2.05, 4.69) is 51.3 Å². The number of ether oxygens (including phenoxy) is 2. The van der Waals surface area contributed by atoms with Crippen LogP contribution in [0.2, 0.25) is 0 Å². The summed E-state index contributed by atoms with van der Waals surface area (Å²) in [5, 5.41) is 3.49. The third-order valence-corrected chi connectivity index (χ3v) is 5.28. The van der Waals surface area contributed by atoms with Gasteiger partial charge in [-0.3, -0.25) is 4.99 Å². The van der Waals surface area contributed by atoms with E-state index >= 15 is 0 Å². The monoisotopic (exact) mass is 374 g/mol. The number of anilines is 1. The van der Waals surface area contributed by atoms with E-state index in [1.165, 1.54) is 11.3 Å². The summed E-state index contributed by atoms with van der Waals surface area (Å²) >= 11 is 0. The Morgan fingerprint density at radius 2 is 2.00 bits per heavy atom. The van der Waals surface area contributed by atoms with Crippen LogP contribution in [-0.2, 0) is 9.47 Å². The van der Waals surface area contributed by atoms with Crippen molar-refractivity contribution in [3.63, 3.8) is 0 Å². The van der Waals surface area contributed by atoms with Crippen molar-refractivity contribution in [2.75, 3.05) is 64.5 Å². The van der Waals surface area contributed by atoms with E-state index in [0.29, 0.717) is 6.10 Å². The zero-order chi connectivity index (χ0) is 18.9. The molecule has 150 valence electrons. The minimum absolute atomic E-state index is 0.382. The smallest absolute Gasteiger partial charge is 0.193 e. The molecule has 2 heterocycles. The van der Waals surface area contributed by atoms with E-state index in [1.807, 2.05) is 7.05 Å². The molecule has 1 aromatic carbocycles. The predicted molar refractivity (Wildman–Crippen MR) is 111 cm³/mol. The molecule has 2 aliphatic rings. The zero-order valence-corrected chi connectivity index (χ0v) is 16.8. The Labute approximate surface area is 163 Å². The number of piperazine rings is 1. The lowest BCUT2D eigenvalue weighted by atomic mass is 10.1. The number of hydrogen-bond donors (Lipinski definition) is 1. The summed E-state index contributed by atoms with van der Waals surface area (Å²) in [6.45, 7) is 9.56. The van der Waals surface area contributed by atoms with Crippen molar-refractivity contribution in [3.05, 3.63) is 29.8 Å². The summed E-state index contributed by atoms with van der Waals surface area (Å²) in [5.41, 5.74) is 2.64. The fraction of sp³-hybridized carbons (Fsp3) is 0.667. The lowest BCUT2D eigenvalue weighted by Crippen LogP contribution is -2.52. The molecule has 2 aliphatic heterocycles. The van der Waals surface area contributed by atoms with E-state index in [1.54, 1.807) is 0 Å². The molecule has 6 heteroatoms. The van der Waals surface area contributed by atoms with Crippen LogP contribution in [0.15, 0.2) is 29.3 Å². The fourth-order valence-electron chi connectivity index (χ4n) is 3.70. The molecule has 1 aromatic rings. The summed E-state index contributed by atoms with van der Waals surface area (Å²) in [6.07, 6.45) is 3.44. The Morgan fingerprint density at radius 3 is 2.70 bits per heavy atom. The van der Waals surface area contributed by atoms with Gasteiger partial charge in [-0.05, 0) is 43.9 Å². The molecular weight excluding hydrogens is 340 g/mol. The quantitative estimate of drug-likeness (QED) is 0.470. The maximum atomic E-state index is 5.94. The number of guanidine groups is 1. The molecule has 1 N–H and O–H groups in total. The topological polar surface area (TPSA) is 49.3 Å². The Bertz CT molecular complexity index is 594. The van der Waals surface area contributed by atoms with Gasteiger partial charge in [0, 0.05) is 65.3 Å². The molecule has 2 fully saturated rings. The van der Waals surface area contributed by atoms with Gasteiger partial charge in [0.25, 0.3) is 0 Å². The van der Waals surface area contributed by atoms with Gasteiger partial charge < -0.3 is 24.6 Å². The summed E-state index contributed by atoms with van der Waals surface area (Å²) in [4.78, 5) is 9.28. The van der Waals surface area contributed by atoms with E-state index in [-0.39, 0.29) is 0 Å². The van der Waals surface area contributed by atoms with Gasteiger partial charge >= 0.3 is 0 Å². The van der Waals surface area contributed by atoms with Crippen LogP contribution in [0.3, 0.4) is 0 Å². The number of hydrogen-bond acceptors (Lipinski definition) is 4. The van der Waals surface area contributed by atoms with Gasteiger partial charge in [-0.25, -0.2) is 0 Å². The molecule has 3 rings (SSSR count). The summed E-state index contributed by atoms with van der Waals surface area (Å²) in [7, 11) is 1.87. The third kappa shape index (κ3) is 6.11. The van der Waals surface area contributed by atoms with Crippen molar-refractivity contribution in [1.29, 1.82) is 0 Å². The highest BCUT2D eigenvalue weighted by atomic mass is 16.5. The van der Waals surface area contributed by atoms with Crippen LogP contribution >= 0.6 is 0 Å². The van der Waals surface area contributed by atoms with Gasteiger partial charge in [-0.15, -0.1) is 0 Å². The molecule has 0 unspecified atom stereocenters. The molecule has 2 saturated heterocycles. The highest BCUT2D eigenvalue weighted by molar-refractivity contribution is 5.80. The van der Waals surface area contributed by atoms with Crippen molar-refractivity contribution < 1.29 is 9.47 Å². The van der Waals surface area contributed by atoms with Crippen molar-refractivity contribution in [3.8, 4) is 0 Å². The van der Waals surface area contributed by atoms with Gasteiger partial charge in [0.2, 0.25) is 0 Å². The molecule has 0 radical (unpaired) electrons. The van der Waals surface area contributed by atoms with Gasteiger partial charge in [-0.2, -0.15) is 0 Å². The van der Waals surface area contributed by atoms with Gasteiger partial charge in [-0.1, -0.05) is 12.1 Å². The maximum absolute atomic E-state index is 5.94. The first-order chi connectivity index (χ1) is 13.3. The molecule has 0 aromatic heterocycles. The first kappa shape index (κ1) is 20.0. The zero-order valence-electron chi connectivity index (χ0n) is 16.8. The number of aliphatic imine (C=N–C) groups is 1. The standard InChI is InChI=1S/C21H34N4O2/c1-18-5-3-6-19(17-18)24-10-12-25(13-11-24)21(22-2)23-9-4-14-27-20-7-15-26-16-8-20/h3,5-6,17,20H,4,7-16H2,1-2H3,(H,22,23). The van der Waals surface area contributed by atoms with Crippen LogP contribution in [0.25, 0.3) is 0 Å². The molecule has 0 bridgehead atoms. The van der Waals surface area contributed by atoms with Crippen molar-refractivity contribution in [2.45, 2.75) is 32.3 Å². The number of nitrogens with zero attached hydrogens (tertiary/aromatic N) is 3. The summed E-state index contributed by atoms with van der Waals surface area (Å²) in [6, 6.07) is 8.76. The summed E-state index contributed by atoms with van der Waals surface area (Å²) < 4.78 is 11.3. The summed E-state index contributed by atoms with van der Waals surface area (Å²) in [5.74, 6) is 1.00. The Balaban J connectivity index is 1.35.